The Kier molecular flexibility index (Phi) is 14.6. The van der Waals surface area contributed by atoms with Gasteiger partial charge < -0.3 is 29.0 Å². The van der Waals surface area contributed by atoms with E-state index < -0.39 is 29.8 Å². The predicted octanol–water partition coefficient (Wildman–Crippen LogP) is 7.32. The minimum atomic E-state index is -1.03. The highest BCUT2D eigenvalue weighted by atomic mass is 35.5. The van der Waals surface area contributed by atoms with Crippen LogP contribution in [0.25, 0.3) is 0 Å². The van der Waals surface area contributed by atoms with Gasteiger partial charge in [-0.2, -0.15) is 0 Å². The van der Waals surface area contributed by atoms with Gasteiger partial charge >= 0.3 is 12.1 Å². The van der Waals surface area contributed by atoms with E-state index in [0.29, 0.717) is 55.0 Å². The number of carbonyl (C=O) groups is 2. The molecule has 238 valence electrons. The fraction of sp³-hybridized carbons (Fsp3) is 0.375. The van der Waals surface area contributed by atoms with Gasteiger partial charge in [-0.25, -0.2) is 18.4 Å². The van der Waals surface area contributed by atoms with E-state index in [0.717, 1.165) is 23.3 Å². The van der Waals surface area contributed by atoms with Crippen molar-refractivity contribution in [3.8, 4) is 5.75 Å². The van der Waals surface area contributed by atoms with Gasteiger partial charge in [-0.15, -0.1) is 0 Å². The number of aliphatic carboxylic acids is 1. The fourth-order valence-electron chi connectivity index (χ4n) is 4.18. The summed E-state index contributed by atoms with van der Waals surface area (Å²) in [5, 5.41) is 10.3. The number of benzene rings is 3. The minimum Gasteiger partial charge on any atom is -0.492 e. The summed E-state index contributed by atoms with van der Waals surface area (Å²) in [6, 6.07) is 15.2. The number of halogens is 4. The maximum Gasteiger partial charge on any atom is 0.410 e. The second kappa shape index (κ2) is 18.4. The quantitative estimate of drug-likeness (QED) is 0.144. The Bertz CT molecular complexity index is 1340. The van der Waals surface area contributed by atoms with E-state index in [1.807, 2.05) is 0 Å². The van der Waals surface area contributed by atoms with Gasteiger partial charge in [0.15, 0.2) is 6.10 Å². The number of hydrogen-bond acceptors (Lipinski definition) is 6. The van der Waals surface area contributed by atoms with Crippen molar-refractivity contribution in [3.63, 3.8) is 0 Å². The molecular formula is C32H35Cl2F2NO7. The SMILES string of the molecule is CCOC(Cc1ccc(OCCN(CCCCOCc2cc(Cl)cc(Cl)c2)C(=O)OCc2ccc(F)cc2F)cc1)C(=O)O. The van der Waals surface area contributed by atoms with Crippen LogP contribution in [0, 0.1) is 11.6 Å². The fourth-order valence-corrected chi connectivity index (χ4v) is 4.75. The summed E-state index contributed by atoms with van der Waals surface area (Å²) in [5.41, 5.74) is 1.68. The van der Waals surface area contributed by atoms with Crippen LogP contribution in [0.5, 0.6) is 5.75 Å². The molecule has 0 radical (unpaired) electrons. The zero-order valence-electron chi connectivity index (χ0n) is 24.3. The normalized spacial score (nSPS) is 11.7. The first-order chi connectivity index (χ1) is 21.1. The van der Waals surface area contributed by atoms with Crippen molar-refractivity contribution in [2.24, 2.45) is 0 Å². The van der Waals surface area contributed by atoms with Crippen molar-refractivity contribution in [2.75, 3.05) is 32.9 Å². The molecular weight excluding hydrogens is 619 g/mol. The number of carboxylic acid groups (broad SMARTS) is 1. The van der Waals surface area contributed by atoms with Crippen molar-refractivity contribution in [3.05, 3.63) is 99.0 Å². The van der Waals surface area contributed by atoms with Gasteiger partial charge in [-0.3, -0.25) is 0 Å². The molecule has 0 spiro atoms. The van der Waals surface area contributed by atoms with Gasteiger partial charge in [0.1, 0.15) is 30.6 Å². The standard InChI is InChI=1S/C32H35Cl2F2NO7/c1-2-42-30(31(38)39)17-22-5-9-28(10-6-22)43-14-12-37(32(40)44-21-24-7-8-27(35)19-29(24)36)11-3-4-13-41-20-23-15-25(33)18-26(34)16-23/h5-10,15-16,18-19,30H,2-4,11-14,17,20-21H2,1H3,(H,38,39). The van der Waals surface area contributed by atoms with Crippen molar-refractivity contribution in [1.29, 1.82) is 0 Å². The third-order valence-corrected chi connectivity index (χ3v) is 6.84. The Hall–Kier alpha value is -3.44. The molecule has 0 aliphatic rings. The first-order valence-corrected chi connectivity index (χ1v) is 14.8. The van der Waals surface area contributed by atoms with Crippen molar-refractivity contribution in [2.45, 2.75) is 45.5 Å². The van der Waals surface area contributed by atoms with Crippen molar-refractivity contribution < 1.29 is 42.4 Å². The molecule has 8 nitrogen and oxygen atoms in total. The zero-order valence-corrected chi connectivity index (χ0v) is 25.8. The first kappa shape index (κ1) is 35.0. The highest BCUT2D eigenvalue weighted by molar-refractivity contribution is 6.34. The maximum atomic E-state index is 14.0. The number of hydrogen-bond donors (Lipinski definition) is 1. The van der Waals surface area contributed by atoms with E-state index in [9.17, 15) is 23.5 Å². The van der Waals surface area contributed by atoms with Crippen LogP contribution in [0.3, 0.4) is 0 Å². The predicted molar refractivity (Wildman–Crippen MR) is 162 cm³/mol. The number of unbranched alkanes of at least 4 members (excludes halogenated alkanes) is 1. The van der Waals surface area contributed by atoms with Crippen LogP contribution in [0.1, 0.15) is 36.5 Å². The molecule has 1 N–H and O–H groups in total. The second-order valence-corrected chi connectivity index (χ2v) is 10.7. The smallest absolute Gasteiger partial charge is 0.410 e. The largest absolute Gasteiger partial charge is 0.492 e. The molecule has 1 atom stereocenters. The molecule has 0 fully saturated rings. The van der Waals surface area contributed by atoms with Crippen molar-refractivity contribution >= 4 is 35.3 Å². The van der Waals surface area contributed by atoms with E-state index >= 15 is 0 Å². The van der Waals surface area contributed by atoms with Gasteiger partial charge in [0.2, 0.25) is 0 Å². The summed E-state index contributed by atoms with van der Waals surface area (Å²) >= 11 is 12.0. The average molecular weight is 655 g/mol. The third kappa shape index (κ3) is 12.3. The minimum absolute atomic E-state index is 0.0556. The van der Waals surface area contributed by atoms with Gasteiger partial charge in [0.05, 0.1) is 13.2 Å². The van der Waals surface area contributed by atoms with Gasteiger partial charge in [0.25, 0.3) is 0 Å². The maximum absolute atomic E-state index is 14.0. The Morgan fingerprint density at radius 1 is 0.886 bits per heavy atom. The number of ether oxygens (including phenoxy) is 4. The molecule has 0 aromatic heterocycles. The summed E-state index contributed by atoms with van der Waals surface area (Å²) in [6.07, 6.45) is -0.149. The van der Waals surface area contributed by atoms with Crippen LogP contribution in [-0.2, 0) is 38.6 Å². The molecule has 0 saturated heterocycles. The van der Waals surface area contributed by atoms with Crippen LogP contribution in [0.4, 0.5) is 13.6 Å². The molecule has 3 aromatic rings. The summed E-state index contributed by atoms with van der Waals surface area (Å²) in [6.45, 7) is 3.10. The number of carbonyl (C=O) groups excluding carboxylic acids is 1. The van der Waals surface area contributed by atoms with Crippen LogP contribution >= 0.6 is 23.2 Å². The molecule has 0 aliphatic carbocycles. The van der Waals surface area contributed by atoms with Gasteiger partial charge in [-0.1, -0.05) is 35.3 Å². The monoisotopic (exact) mass is 653 g/mol. The Morgan fingerprint density at radius 3 is 2.27 bits per heavy atom. The molecule has 0 aliphatic heterocycles. The molecule has 0 saturated carbocycles. The lowest BCUT2D eigenvalue weighted by Gasteiger charge is -2.22. The van der Waals surface area contributed by atoms with E-state index in [2.05, 4.69) is 0 Å². The molecule has 0 heterocycles. The lowest BCUT2D eigenvalue weighted by molar-refractivity contribution is -0.149. The Morgan fingerprint density at radius 2 is 1.61 bits per heavy atom. The molecule has 1 unspecified atom stereocenters. The third-order valence-electron chi connectivity index (χ3n) is 6.40. The van der Waals surface area contributed by atoms with Crippen LogP contribution < -0.4 is 4.74 Å². The molecule has 12 heteroatoms. The highest BCUT2D eigenvalue weighted by Gasteiger charge is 2.19. The topological polar surface area (TPSA) is 94.5 Å². The van der Waals surface area contributed by atoms with Crippen LogP contribution in [-0.4, -0.2) is 61.1 Å². The lowest BCUT2D eigenvalue weighted by atomic mass is 10.1. The highest BCUT2D eigenvalue weighted by Crippen LogP contribution is 2.20. The van der Waals surface area contributed by atoms with Crippen molar-refractivity contribution in [1.82, 2.24) is 4.90 Å². The first-order valence-electron chi connectivity index (χ1n) is 14.1. The molecule has 1 amide bonds. The van der Waals surface area contributed by atoms with Gasteiger partial charge in [0, 0.05) is 47.9 Å². The summed E-state index contributed by atoms with van der Waals surface area (Å²) in [5.74, 6) is -2.02. The second-order valence-electron chi connectivity index (χ2n) is 9.79. The molecule has 3 rings (SSSR count). The number of carboxylic acids is 1. The van der Waals surface area contributed by atoms with Gasteiger partial charge in [-0.05, 0) is 73.4 Å². The van der Waals surface area contributed by atoms with E-state index in [1.54, 1.807) is 49.4 Å². The number of nitrogens with zero attached hydrogens (tertiary/aromatic N) is 1. The zero-order chi connectivity index (χ0) is 31.9. The number of amides is 1. The van der Waals surface area contributed by atoms with Crippen LogP contribution in [0.15, 0.2) is 60.7 Å². The van der Waals surface area contributed by atoms with E-state index in [4.69, 9.17) is 42.1 Å². The number of rotatable bonds is 18. The molecule has 3 aromatic carbocycles. The van der Waals surface area contributed by atoms with E-state index in [1.165, 1.54) is 11.0 Å². The Balaban J connectivity index is 1.51. The summed E-state index contributed by atoms with van der Waals surface area (Å²) in [7, 11) is 0. The summed E-state index contributed by atoms with van der Waals surface area (Å²) in [4.78, 5) is 25.7. The Labute approximate surface area is 265 Å². The molecule has 44 heavy (non-hydrogen) atoms. The van der Waals surface area contributed by atoms with Crippen LogP contribution in [0.2, 0.25) is 10.0 Å². The summed E-state index contributed by atoms with van der Waals surface area (Å²) < 4.78 is 49.4. The lowest BCUT2D eigenvalue weighted by Crippen LogP contribution is -2.36. The molecule has 0 bridgehead atoms. The average Bonchev–Trinajstić information content (AvgIpc) is 2.97. The van der Waals surface area contributed by atoms with E-state index in [-0.39, 0.29) is 31.7 Å².